The van der Waals surface area contributed by atoms with Crippen LogP contribution in [0.25, 0.3) is 0 Å². The van der Waals surface area contributed by atoms with E-state index in [0.29, 0.717) is 11.1 Å². The van der Waals surface area contributed by atoms with Crippen molar-refractivity contribution in [2.75, 3.05) is 0 Å². The third-order valence-electron chi connectivity index (χ3n) is 4.76. The normalized spacial score (nSPS) is 24.6. The molecule has 1 unspecified atom stereocenters. The third kappa shape index (κ3) is 3.01. The average molecular weight is 282 g/mol. The number of nitrogens with two attached hydrogens (primary N) is 1. The number of nitrogens with one attached hydrogen (secondary N) is 1. The van der Waals surface area contributed by atoms with Gasteiger partial charge in [-0.3, -0.25) is 11.3 Å². The maximum absolute atomic E-state index is 14.1. The molecular weight excluding hydrogens is 258 g/mol. The van der Waals surface area contributed by atoms with Gasteiger partial charge in [-0.25, -0.2) is 8.78 Å². The van der Waals surface area contributed by atoms with Crippen LogP contribution in [0.1, 0.15) is 56.2 Å². The molecule has 2 rings (SSSR count). The van der Waals surface area contributed by atoms with E-state index in [4.69, 9.17) is 5.84 Å². The van der Waals surface area contributed by atoms with Crippen molar-refractivity contribution in [3.8, 4) is 0 Å². The molecular formula is C16H24F2N2. The fourth-order valence-corrected chi connectivity index (χ4v) is 3.31. The average Bonchev–Trinajstić information content (AvgIpc) is 2.48. The van der Waals surface area contributed by atoms with Gasteiger partial charge in [0.25, 0.3) is 0 Å². The Kier molecular flexibility index (Phi) is 5.11. The van der Waals surface area contributed by atoms with Crippen molar-refractivity contribution in [2.45, 2.75) is 52.0 Å². The first kappa shape index (κ1) is 15.4. The Hall–Kier alpha value is -1.00. The van der Waals surface area contributed by atoms with E-state index in [1.165, 1.54) is 6.42 Å². The Bertz CT molecular complexity index is 454. The summed E-state index contributed by atoms with van der Waals surface area (Å²) in [6.07, 6.45) is 5.52. The number of aryl methyl sites for hydroxylation is 1. The lowest BCUT2D eigenvalue weighted by Crippen LogP contribution is -2.36. The number of benzene rings is 1. The molecule has 0 aliphatic heterocycles. The zero-order valence-corrected chi connectivity index (χ0v) is 12.3. The van der Waals surface area contributed by atoms with E-state index in [1.807, 2.05) is 0 Å². The van der Waals surface area contributed by atoms with Crippen molar-refractivity contribution in [1.29, 1.82) is 0 Å². The molecule has 1 fully saturated rings. The van der Waals surface area contributed by atoms with Gasteiger partial charge in [-0.15, -0.1) is 0 Å². The van der Waals surface area contributed by atoms with Gasteiger partial charge in [0.05, 0.1) is 6.04 Å². The molecule has 1 aromatic rings. The number of halogens is 2. The summed E-state index contributed by atoms with van der Waals surface area (Å²) < 4.78 is 27.9. The van der Waals surface area contributed by atoms with Crippen LogP contribution in [-0.2, 0) is 0 Å². The quantitative estimate of drug-likeness (QED) is 0.647. The summed E-state index contributed by atoms with van der Waals surface area (Å²) in [5.74, 6) is 5.15. The lowest BCUT2D eigenvalue weighted by molar-refractivity contribution is 0.216. The molecule has 20 heavy (non-hydrogen) atoms. The maximum Gasteiger partial charge on any atom is 0.163 e. The first-order valence-corrected chi connectivity index (χ1v) is 7.49. The first-order valence-electron chi connectivity index (χ1n) is 7.49. The standard InChI is InChI=1S/C16H24F2N2/c1-3-11-5-7-12(8-6-11)16(20-19)13-9-4-10(2)14(17)15(13)18/h4,9,11-12,16,20H,3,5-8,19H2,1-2H3. The van der Waals surface area contributed by atoms with Crippen LogP contribution in [0.15, 0.2) is 12.1 Å². The van der Waals surface area contributed by atoms with Crippen LogP contribution in [0.2, 0.25) is 0 Å². The minimum Gasteiger partial charge on any atom is -0.271 e. The van der Waals surface area contributed by atoms with Crippen molar-refractivity contribution >= 4 is 0 Å². The Balaban J connectivity index is 2.19. The van der Waals surface area contributed by atoms with Crippen molar-refractivity contribution in [2.24, 2.45) is 17.7 Å². The molecule has 0 aromatic heterocycles. The molecule has 0 saturated heterocycles. The van der Waals surface area contributed by atoms with E-state index >= 15 is 0 Å². The zero-order valence-electron chi connectivity index (χ0n) is 12.3. The molecule has 0 spiro atoms. The molecule has 2 nitrogen and oxygen atoms in total. The fraction of sp³-hybridized carbons (Fsp3) is 0.625. The highest BCUT2D eigenvalue weighted by molar-refractivity contribution is 5.28. The lowest BCUT2D eigenvalue weighted by atomic mass is 9.76. The minimum absolute atomic E-state index is 0.277. The van der Waals surface area contributed by atoms with Crippen LogP contribution in [0.4, 0.5) is 8.78 Å². The summed E-state index contributed by atoms with van der Waals surface area (Å²) in [5.41, 5.74) is 3.39. The van der Waals surface area contributed by atoms with Crippen LogP contribution in [-0.4, -0.2) is 0 Å². The van der Waals surface area contributed by atoms with E-state index in [9.17, 15) is 8.78 Å². The molecule has 1 atom stereocenters. The van der Waals surface area contributed by atoms with E-state index in [2.05, 4.69) is 12.3 Å². The van der Waals surface area contributed by atoms with Gasteiger partial charge in [-0.1, -0.05) is 38.3 Å². The Morgan fingerprint density at radius 3 is 2.40 bits per heavy atom. The third-order valence-corrected chi connectivity index (χ3v) is 4.76. The van der Waals surface area contributed by atoms with Gasteiger partial charge in [0.1, 0.15) is 0 Å². The summed E-state index contributed by atoms with van der Waals surface area (Å²) in [6, 6.07) is 2.97. The summed E-state index contributed by atoms with van der Waals surface area (Å²) in [7, 11) is 0. The second kappa shape index (κ2) is 6.64. The summed E-state index contributed by atoms with van der Waals surface area (Å²) in [5, 5.41) is 0. The van der Waals surface area contributed by atoms with E-state index in [0.717, 1.165) is 31.6 Å². The van der Waals surface area contributed by atoms with Crippen molar-refractivity contribution in [3.05, 3.63) is 34.9 Å². The van der Waals surface area contributed by atoms with E-state index < -0.39 is 11.6 Å². The van der Waals surface area contributed by atoms with Crippen LogP contribution in [0, 0.1) is 30.4 Å². The van der Waals surface area contributed by atoms with Gasteiger partial charge in [0, 0.05) is 5.56 Å². The molecule has 0 radical (unpaired) electrons. The Morgan fingerprint density at radius 2 is 1.85 bits per heavy atom. The first-order chi connectivity index (χ1) is 9.58. The molecule has 0 bridgehead atoms. The highest BCUT2D eigenvalue weighted by Gasteiger charge is 2.30. The second-order valence-electron chi connectivity index (χ2n) is 5.93. The summed E-state index contributed by atoms with van der Waals surface area (Å²) >= 11 is 0. The largest absolute Gasteiger partial charge is 0.271 e. The minimum atomic E-state index is -0.759. The van der Waals surface area contributed by atoms with Gasteiger partial charge in [0.2, 0.25) is 0 Å². The lowest BCUT2D eigenvalue weighted by Gasteiger charge is -2.33. The topological polar surface area (TPSA) is 38.0 Å². The molecule has 1 aliphatic carbocycles. The van der Waals surface area contributed by atoms with Crippen molar-refractivity contribution in [1.82, 2.24) is 5.43 Å². The summed E-state index contributed by atoms with van der Waals surface area (Å²) in [4.78, 5) is 0. The Labute approximate surface area is 119 Å². The molecule has 112 valence electrons. The predicted molar refractivity (Wildman–Crippen MR) is 76.9 cm³/mol. The van der Waals surface area contributed by atoms with Crippen LogP contribution in [0.5, 0.6) is 0 Å². The number of hydrazine groups is 1. The molecule has 4 heteroatoms. The summed E-state index contributed by atoms with van der Waals surface area (Å²) in [6.45, 7) is 3.78. The SMILES string of the molecule is CCC1CCC(C(NN)c2ccc(C)c(F)c2F)CC1. The molecule has 0 amide bonds. The highest BCUT2D eigenvalue weighted by Crippen LogP contribution is 2.38. The van der Waals surface area contributed by atoms with E-state index in [1.54, 1.807) is 19.1 Å². The van der Waals surface area contributed by atoms with Gasteiger partial charge < -0.3 is 0 Å². The van der Waals surface area contributed by atoms with Gasteiger partial charge in [-0.2, -0.15) is 0 Å². The van der Waals surface area contributed by atoms with Crippen LogP contribution >= 0.6 is 0 Å². The van der Waals surface area contributed by atoms with Gasteiger partial charge in [-0.05, 0) is 37.2 Å². The van der Waals surface area contributed by atoms with E-state index in [-0.39, 0.29) is 12.0 Å². The van der Waals surface area contributed by atoms with Gasteiger partial charge >= 0.3 is 0 Å². The number of hydrogen-bond acceptors (Lipinski definition) is 2. The highest BCUT2D eigenvalue weighted by atomic mass is 19.2. The molecule has 0 heterocycles. The van der Waals surface area contributed by atoms with Crippen LogP contribution < -0.4 is 11.3 Å². The maximum atomic E-state index is 14.1. The number of rotatable bonds is 4. The Morgan fingerprint density at radius 1 is 1.20 bits per heavy atom. The van der Waals surface area contributed by atoms with Crippen molar-refractivity contribution < 1.29 is 8.78 Å². The molecule has 1 aromatic carbocycles. The molecule has 1 aliphatic rings. The van der Waals surface area contributed by atoms with Gasteiger partial charge in [0.15, 0.2) is 11.6 Å². The van der Waals surface area contributed by atoms with Crippen molar-refractivity contribution in [3.63, 3.8) is 0 Å². The van der Waals surface area contributed by atoms with Crippen LogP contribution in [0.3, 0.4) is 0 Å². The molecule has 3 N–H and O–H groups in total. The number of hydrogen-bond donors (Lipinski definition) is 2. The smallest absolute Gasteiger partial charge is 0.163 e. The zero-order chi connectivity index (χ0) is 14.7. The second-order valence-corrected chi connectivity index (χ2v) is 5.93. The molecule has 1 saturated carbocycles. The fourth-order valence-electron chi connectivity index (χ4n) is 3.31. The predicted octanol–water partition coefficient (Wildman–Crippen LogP) is 3.99. The monoisotopic (exact) mass is 282 g/mol.